The van der Waals surface area contributed by atoms with Crippen molar-refractivity contribution < 1.29 is 19.1 Å². The molecule has 0 aromatic carbocycles. The molecule has 7 nitrogen and oxygen atoms in total. The molecule has 3 amide bonds. The number of methoxy groups -OCH3 is 1. The Labute approximate surface area is 100 Å². The zero-order valence-electron chi connectivity index (χ0n) is 10.4. The molecule has 0 aliphatic carbocycles. The Hall–Kier alpha value is -1.63. The van der Waals surface area contributed by atoms with Gasteiger partial charge >= 0.3 is 12.0 Å². The highest BCUT2D eigenvalue weighted by Crippen LogP contribution is 1.94. The van der Waals surface area contributed by atoms with Gasteiger partial charge in [0.25, 0.3) is 0 Å². The van der Waals surface area contributed by atoms with Crippen LogP contribution < -0.4 is 10.6 Å². The first-order valence-corrected chi connectivity index (χ1v) is 5.26. The summed E-state index contributed by atoms with van der Waals surface area (Å²) in [5.41, 5.74) is 0. The van der Waals surface area contributed by atoms with Crippen molar-refractivity contribution in [3.8, 4) is 0 Å². The fourth-order valence-electron chi connectivity index (χ4n) is 1.15. The average molecular weight is 245 g/mol. The number of amides is 3. The zero-order valence-corrected chi connectivity index (χ0v) is 10.4. The van der Waals surface area contributed by atoms with Gasteiger partial charge in [0.05, 0.1) is 13.7 Å². The van der Waals surface area contributed by atoms with Gasteiger partial charge in [-0.25, -0.2) is 4.79 Å². The quantitative estimate of drug-likeness (QED) is 0.606. The number of carbonyl (C=O) groups excluding carboxylic acids is 3. The molecule has 0 aromatic heterocycles. The first-order chi connectivity index (χ1) is 7.99. The van der Waals surface area contributed by atoms with Crippen molar-refractivity contribution in [1.82, 2.24) is 15.5 Å². The normalized spacial score (nSPS) is 9.88. The number of carbonyl (C=O) groups is 3. The van der Waals surface area contributed by atoms with Crippen LogP contribution in [0.5, 0.6) is 0 Å². The van der Waals surface area contributed by atoms with E-state index in [1.54, 1.807) is 11.9 Å². The van der Waals surface area contributed by atoms with E-state index in [0.29, 0.717) is 19.4 Å². The highest BCUT2D eigenvalue weighted by molar-refractivity contribution is 5.95. The van der Waals surface area contributed by atoms with Crippen molar-refractivity contribution in [2.75, 3.05) is 34.3 Å². The van der Waals surface area contributed by atoms with E-state index in [2.05, 4.69) is 15.4 Å². The number of hydrogen-bond acceptors (Lipinski definition) is 5. The third-order valence-corrected chi connectivity index (χ3v) is 2.04. The molecule has 0 unspecified atom stereocenters. The van der Waals surface area contributed by atoms with Crippen LogP contribution in [0.15, 0.2) is 0 Å². The molecule has 0 spiro atoms. The van der Waals surface area contributed by atoms with E-state index in [9.17, 15) is 14.4 Å². The maximum atomic E-state index is 11.3. The molecule has 0 saturated heterocycles. The van der Waals surface area contributed by atoms with Crippen LogP contribution in [0, 0.1) is 0 Å². The van der Waals surface area contributed by atoms with Gasteiger partial charge < -0.3 is 10.1 Å². The minimum absolute atomic E-state index is 0.106. The van der Waals surface area contributed by atoms with E-state index >= 15 is 0 Å². The highest BCUT2D eigenvalue weighted by atomic mass is 16.5. The number of hydrogen-bond donors (Lipinski definition) is 2. The fraction of sp³-hybridized carbons (Fsp3) is 0.700. The maximum Gasteiger partial charge on any atom is 0.321 e. The summed E-state index contributed by atoms with van der Waals surface area (Å²) in [5.74, 6) is -0.655. The number of rotatable bonds is 6. The Kier molecular flexibility index (Phi) is 7.70. The van der Waals surface area contributed by atoms with Crippen LogP contribution in [0.3, 0.4) is 0 Å². The molecule has 0 atom stereocenters. The molecular weight excluding hydrogens is 226 g/mol. The topological polar surface area (TPSA) is 87.7 Å². The van der Waals surface area contributed by atoms with E-state index in [4.69, 9.17) is 0 Å². The number of ether oxygens (including phenoxy) is 1. The number of nitrogens with zero attached hydrogens (tertiary/aromatic N) is 1. The van der Waals surface area contributed by atoms with E-state index in [0.717, 1.165) is 0 Å². The summed E-state index contributed by atoms with van der Waals surface area (Å²) in [6.07, 6.45) is 0.925. The molecule has 0 aliphatic rings. The average Bonchev–Trinajstić information content (AvgIpc) is 2.28. The summed E-state index contributed by atoms with van der Waals surface area (Å²) in [4.78, 5) is 34.6. The molecule has 98 valence electrons. The lowest BCUT2D eigenvalue weighted by Crippen LogP contribution is -2.42. The Morgan fingerprint density at radius 1 is 1.29 bits per heavy atom. The van der Waals surface area contributed by atoms with Crippen molar-refractivity contribution in [3.63, 3.8) is 0 Å². The summed E-state index contributed by atoms with van der Waals surface area (Å²) in [6, 6.07) is -0.530. The predicted octanol–water partition coefficient (Wildman–Crippen LogP) is -0.673. The maximum absolute atomic E-state index is 11.3. The van der Waals surface area contributed by atoms with Crippen LogP contribution in [-0.4, -0.2) is 57.1 Å². The molecule has 0 rings (SSSR count). The van der Waals surface area contributed by atoms with E-state index < -0.39 is 6.03 Å². The van der Waals surface area contributed by atoms with E-state index in [1.165, 1.54) is 14.2 Å². The molecule has 0 bridgehead atoms. The minimum Gasteiger partial charge on any atom is -0.469 e. The second-order valence-electron chi connectivity index (χ2n) is 3.54. The van der Waals surface area contributed by atoms with Crippen molar-refractivity contribution in [2.24, 2.45) is 0 Å². The first kappa shape index (κ1) is 15.4. The summed E-state index contributed by atoms with van der Waals surface area (Å²) in [7, 11) is 4.51. The standard InChI is InChI=1S/C10H19N3O4/c1-11-10(16)12-8(14)7-13(2)6-4-5-9(15)17-3/h4-7H2,1-3H3,(H2,11,12,14,16). The molecule has 0 saturated carbocycles. The Morgan fingerprint density at radius 3 is 2.47 bits per heavy atom. The SMILES string of the molecule is CNC(=O)NC(=O)CN(C)CCCC(=O)OC. The number of esters is 1. The lowest BCUT2D eigenvalue weighted by Gasteiger charge is -2.15. The van der Waals surface area contributed by atoms with Crippen LogP contribution in [0.4, 0.5) is 4.79 Å². The fourth-order valence-corrected chi connectivity index (χ4v) is 1.15. The third kappa shape index (κ3) is 8.21. The summed E-state index contributed by atoms with van der Waals surface area (Å²) in [5, 5.41) is 4.43. The zero-order chi connectivity index (χ0) is 13.3. The van der Waals surface area contributed by atoms with Gasteiger partial charge in [-0.15, -0.1) is 0 Å². The summed E-state index contributed by atoms with van der Waals surface area (Å²) >= 11 is 0. The van der Waals surface area contributed by atoms with Crippen molar-refractivity contribution in [2.45, 2.75) is 12.8 Å². The highest BCUT2D eigenvalue weighted by Gasteiger charge is 2.09. The van der Waals surface area contributed by atoms with Crippen molar-refractivity contribution in [1.29, 1.82) is 0 Å². The molecule has 0 radical (unpaired) electrons. The van der Waals surface area contributed by atoms with Gasteiger partial charge in [0.2, 0.25) is 5.91 Å². The number of urea groups is 1. The smallest absolute Gasteiger partial charge is 0.321 e. The Morgan fingerprint density at radius 2 is 1.94 bits per heavy atom. The van der Waals surface area contributed by atoms with Crippen LogP contribution >= 0.6 is 0 Å². The summed E-state index contributed by atoms with van der Waals surface area (Å²) < 4.78 is 4.49. The monoisotopic (exact) mass is 245 g/mol. The Bertz CT molecular complexity index is 281. The van der Waals surface area contributed by atoms with Crippen molar-refractivity contribution >= 4 is 17.9 Å². The predicted molar refractivity (Wildman–Crippen MR) is 61.3 cm³/mol. The van der Waals surface area contributed by atoms with Crippen LogP contribution in [-0.2, 0) is 14.3 Å². The van der Waals surface area contributed by atoms with Gasteiger partial charge in [-0.2, -0.15) is 0 Å². The van der Waals surface area contributed by atoms with E-state index in [1.807, 2.05) is 0 Å². The van der Waals surface area contributed by atoms with E-state index in [-0.39, 0.29) is 18.4 Å². The molecule has 0 fully saturated rings. The minimum atomic E-state index is -0.530. The van der Waals surface area contributed by atoms with Crippen molar-refractivity contribution in [3.05, 3.63) is 0 Å². The van der Waals surface area contributed by atoms with Crippen LogP contribution in [0.2, 0.25) is 0 Å². The number of nitrogens with one attached hydrogen (secondary N) is 2. The number of likely N-dealkylation sites (N-methyl/N-ethyl adjacent to an activating group) is 1. The number of imide groups is 1. The second kappa shape index (κ2) is 8.51. The van der Waals surface area contributed by atoms with Gasteiger partial charge in [0.1, 0.15) is 0 Å². The molecule has 17 heavy (non-hydrogen) atoms. The van der Waals surface area contributed by atoms with Crippen LogP contribution in [0.1, 0.15) is 12.8 Å². The van der Waals surface area contributed by atoms with Gasteiger partial charge in [0.15, 0.2) is 0 Å². The molecule has 2 N–H and O–H groups in total. The van der Waals surface area contributed by atoms with Crippen LogP contribution in [0.25, 0.3) is 0 Å². The third-order valence-electron chi connectivity index (χ3n) is 2.04. The largest absolute Gasteiger partial charge is 0.469 e. The lowest BCUT2D eigenvalue weighted by molar-refractivity contribution is -0.140. The van der Waals surface area contributed by atoms with Gasteiger partial charge in [0, 0.05) is 13.5 Å². The molecule has 7 heteroatoms. The molecule has 0 aliphatic heterocycles. The van der Waals surface area contributed by atoms with Gasteiger partial charge in [-0.05, 0) is 20.0 Å². The Balaban J connectivity index is 3.71. The molecule has 0 heterocycles. The molecule has 0 aromatic rings. The summed E-state index contributed by atoms with van der Waals surface area (Å²) in [6.45, 7) is 0.685. The second-order valence-corrected chi connectivity index (χ2v) is 3.54. The lowest BCUT2D eigenvalue weighted by atomic mass is 10.3. The van der Waals surface area contributed by atoms with Gasteiger partial charge in [-0.3, -0.25) is 19.8 Å². The van der Waals surface area contributed by atoms with Gasteiger partial charge in [-0.1, -0.05) is 0 Å². The molecular formula is C10H19N3O4. The first-order valence-electron chi connectivity index (χ1n) is 5.26.